The molecule has 6 rings (SSSR count). The molecular weight excluding hydrogens is 506 g/mol. The van der Waals surface area contributed by atoms with Gasteiger partial charge >= 0.3 is 6.09 Å². The maximum Gasteiger partial charge on any atom is 0.410 e. The van der Waals surface area contributed by atoms with E-state index in [4.69, 9.17) is 19.4 Å². The highest BCUT2D eigenvalue weighted by Gasteiger charge is 2.47. The van der Waals surface area contributed by atoms with Crippen molar-refractivity contribution in [1.29, 1.82) is 0 Å². The van der Waals surface area contributed by atoms with Crippen molar-refractivity contribution in [1.82, 2.24) is 24.6 Å². The lowest BCUT2D eigenvalue weighted by Crippen LogP contribution is -2.50. The zero-order valence-electron chi connectivity index (χ0n) is 21.8. The van der Waals surface area contributed by atoms with Crippen molar-refractivity contribution >= 4 is 23.1 Å². The maximum absolute atomic E-state index is 14.7. The highest BCUT2D eigenvalue weighted by Crippen LogP contribution is 2.36. The van der Waals surface area contributed by atoms with Crippen LogP contribution >= 0.6 is 0 Å². The number of aromatic nitrogens is 4. The molecule has 2 aliphatic heterocycles. The van der Waals surface area contributed by atoms with Gasteiger partial charge in [0.05, 0.1) is 18.3 Å². The summed E-state index contributed by atoms with van der Waals surface area (Å²) >= 11 is 0. The number of rotatable bonds is 5. The van der Waals surface area contributed by atoms with Crippen LogP contribution in [0.5, 0.6) is 5.88 Å². The van der Waals surface area contributed by atoms with E-state index in [1.165, 1.54) is 23.0 Å². The van der Waals surface area contributed by atoms with Crippen LogP contribution in [0.2, 0.25) is 0 Å². The summed E-state index contributed by atoms with van der Waals surface area (Å²) in [5, 5.41) is 4.84. The van der Waals surface area contributed by atoms with Crippen molar-refractivity contribution < 1.29 is 23.0 Å². The molecule has 2 bridgehead atoms. The number of hydrogen-bond donors (Lipinski definition) is 0. The number of carbonyl (C=O) groups excluding carboxylic acids is 1. The molecular formula is C28H28F2N6O3. The quantitative estimate of drug-likeness (QED) is 0.361. The third-order valence-corrected chi connectivity index (χ3v) is 6.86. The van der Waals surface area contributed by atoms with Gasteiger partial charge in [-0.2, -0.15) is 15.1 Å². The molecule has 0 saturated carbocycles. The first-order valence-corrected chi connectivity index (χ1v) is 12.8. The Morgan fingerprint density at radius 1 is 1.05 bits per heavy atom. The van der Waals surface area contributed by atoms with Gasteiger partial charge in [-0.25, -0.2) is 18.3 Å². The fourth-order valence-electron chi connectivity index (χ4n) is 5.12. The molecule has 2 aromatic carbocycles. The summed E-state index contributed by atoms with van der Waals surface area (Å²) in [5.74, 6) is -0.747. The van der Waals surface area contributed by atoms with Gasteiger partial charge in [-0.15, -0.1) is 0 Å². The van der Waals surface area contributed by atoms with Crippen LogP contribution in [-0.2, 0) is 11.3 Å². The SMILES string of the molecule is CC(C)(C)OC(=O)N1CC2CC1CN2c1nc(OCc2ccccc2)c2cnn(-c3ccc(F)cc3F)c2n1. The van der Waals surface area contributed by atoms with Crippen molar-refractivity contribution in [2.24, 2.45) is 0 Å². The van der Waals surface area contributed by atoms with Crippen molar-refractivity contribution in [3.8, 4) is 11.6 Å². The Kier molecular flexibility index (Phi) is 6.08. The molecule has 2 aliphatic rings. The van der Waals surface area contributed by atoms with E-state index < -0.39 is 17.2 Å². The molecule has 0 spiro atoms. The van der Waals surface area contributed by atoms with Gasteiger partial charge in [0.2, 0.25) is 11.8 Å². The van der Waals surface area contributed by atoms with Crippen molar-refractivity contribution in [2.45, 2.75) is 51.5 Å². The van der Waals surface area contributed by atoms with Gasteiger partial charge in [0.25, 0.3) is 0 Å². The van der Waals surface area contributed by atoms with Crippen LogP contribution in [0, 0.1) is 11.6 Å². The molecule has 2 aromatic heterocycles. The van der Waals surface area contributed by atoms with E-state index in [2.05, 4.69) is 5.10 Å². The van der Waals surface area contributed by atoms with E-state index in [9.17, 15) is 13.6 Å². The maximum atomic E-state index is 14.7. The molecule has 2 fully saturated rings. The predicted octanol–water partition coefficient (Wildman–Crippen LogP) is 4.87. The molecule has 202 valence electrons. The highest BCUT2D eigenvalue weighted by atomic mass is 19.1. The fraction of sp³-hybridized carbons (Fsp3) is 0.357. The minimum Gasteiger partial charge on any atom is -0.472 e. The lowest BCUT2D eigenvalue weighted by atomic mass is 10.2. The zero-order valence-corrected chi connectivity index (χ0v) is 21.8. The summed E-state index contributed by atoms with van der Waals surface area (Å²) in [6.45, 7) is 6.80. The second-order valence-corrected chi connectivity index (χ2v) is 10.8. The minimum absolute atomic E-state index is 0.0131. The molecule has 2 atom stereocenters. The van der Waals surface area contributed by atoms with Crippen LogP contribution in [0.25, 0.3) is 16.7 Å². The van der Waals surface area contributed by atoms with Crippen LogP contribution in [0.3, 0.4) is 0 Å². The van der Waals surface area contributed by atoms with Crippen LogP contribution < -0.4 is 9.64 Å². The Morgan fingerprint density at radius 3 is 2.54 bits per heavy atom. The summed E-state index contributed by atoms with van der Waals surface area (Å²) in [6, 6.07) is 12.9. The molecule has 0 radical (unpaired) electrons. The number of benzene rings is 2. The van der Waals surface area contributed by atoms with E-state index in [0.717, 1.165) is 18.1 Å². The van der Waals surface area contributed by atoms with E-state index in [1.807, 2.05) is 56.0 Å². The van der Waals surface area contributed by atoms with Gasteiger partial charge in [0, 0.05) is 19.2 Å². The standard InChI is InChI=1S/C28H28F2N6O3/c1-28(2,3)39-27(37)35-15-19-12-20(35)14-34(19)26-32-24-21(25(33-26)38-16-17-7-5-4-6-8-17)13-31-36(24)23-10-9-18(29)11-22(23)30/h4-11,13,19-20H,12,14-16H2,1-3H3. The minimum atomic E-state index is -0.764. The number of ether oxygens (including phenoxy) is 2. The second-order valence-electron chi connectivity index (χ2n) is 10.8. The molecule has 4 aromatic rings. The van der Waals surface area contributed by atoms with E-state index in [-0.39, 0.29) is 30.5 Å². The smallest absolute Gasteiger partial charge is 0.410 e. The number of anilines is 1. The first kappa shape index (κ1) is 25.0. The Balaban J connectivity index is 1.35. The van der Waals surface area contributed by atoms with E-state index >= 15 is 0 Å². The van der Waals surface area contributed by atoms with Gasteiger partial charge in [-0.3, -0.25) is 0 Å². The Bertz CT molecular complexity index is 1540. The van der Waals surface area contributed by atoms with Crippen LogP contribution in [0.15, 0.2) is 54.7 Å². The van der Waals surface area contributed by atoms with Crippen LogP contribution in [-0.4, -0.2) is 61.5 Å². The number of halogens is 2. The number of nitrogens with zero attached hydrogens (tertiary/aromatic N) is 6. The fourth-order valence-corrected chi connectivity index (χ4v) is 5.12. The number of amides is 1. The normalized spacial score (nSPS) is 18.7. The Labute approximate surface area is 224 Å². The van der Waals surface area contributed by atoms with Gasteiger partial charge < -0.3 is 19.3 Å². The molecule has 2 unspecified atom stereocenters. The van der Waals surface area contributed by atoms with Crippen molar-refractivity contribution in [3.05, 3.63) is 71.9 Å². The van der Waals surface area contributed by atoms with Crippen LogP contribution in [0.1, 0.15) is 32.8 Å². The monoisotopic (exact) mass is 534 g/mol. The van der Waals surface area contributed by atoms with Gasteiger partial charge in [-0.1, -0.05) is 30.3 Å². The molecule has 0 N–H and O–H groups in total. The Hall–Kier alpha value is -4.28. The summed E-state index contributed by atoms with van der Waals surface area (Å²) in [6.07, 6.45) is 1.94. The van der Waals surface area contributed by atoms with Crippen molar-refractivity contribution in [3.63, 3.8) is 0 Å². The third-order valence-electron chi connectivity index (χ3n) is 6.86. The number of hydrogen-bond acceptors (Lipinski definition) is 7. The molecule has 39 heavy (non-hydrogen) atoms. The summed E-state index contributed by atoms with van der Waals surface area (Å²) < 4.78 is 41.4. The van der Waals surface area contributed by atoms with Gasteiger partial charge in [0.15, 0.2) is 11.5 Å². The topological polar surface area (TPSA) is 85.6 Å². The molecule has 1 amide bonds. The third kappa shape index (κ3) is 4.84. The largest absolute Gasteiger partial charge is 0.472 e. The lowest BCUT2D eigenvalue weighted by Gasteiger charge is -2.35. The summed E-state index contributed by atoms with van der Waals surface area (Å²) in [7, 11) is 0. The summed E-state index contributed by atoms with van der Waals surface area (Å²) in [5.41, 5.74) is 0.770. The molecule has 9 nitrogen and oxygen atoms in total. The molecule has 4 heterocycles. The number of fused-ring (bicyclic) bond motifs is 3. The van der Waals surface area contributed by atoms with Crippen molar-refractivity contribution in [2.75, 3.05) is 18.0 Å². The number of carbonyl (C=O) groups is 1. The molecule has 0 aliphatic carbocycles. The molecule has 11 heteroatoms. The lowest BCUT2D eigenvalue weighted by molar-refractivity contribution is 0.0214. The average Bonchev–Trinajstić information content (AvgIpc) is 3.61. The predicted molar refractivity (Wildman–Crippen MR) is 140 cm³/mol. The summed E-state index contributed by atoms with van der Waals surface area (Å²) in [4.78, 5) is 26.0. The number of likely N-dealkylation sites (tertiary alicyclic amines) is 1. The van der Waals surface area contributed by atoms with E-state index in [0.29, 0.717) is 36.0 Å². The second kappa shape index (κ2) is 9.48. The average molecular weight is 535 g/mol. The zero-order chi connectivity index (χ0) is 27.3. The van der Waals surface area contributed by atoms with Crippen LogP contribution in [0.4, 0.5) is 19.5 Å². The van der Waals surface area contributed by atoms with E-state index in [1.54, 1.807) is 4.90 Å². The van der Waals surface area contributed by atoms with Gasteiger partial charge in [0.1, 0.15) is 29.1 Å². The molecule has 2 saturated heterocycles. The highest BCUT2D eigenvalue weighted by molar-refractivity contribution is 5.83. The van der Waals surface area contributed by atoms with Gasteiger partial charge in [-0.05, 0) is 44.9 Å². The first-order valence-electron chi connectivity index (χ1n) is 12.8. The first-order chi connectivity index (χ1) is 18.7. The Morgan fingerprint density at radius 2 is 1.85 bits per heavy atom. The number of piperazine rings is 1.